The van der Waals surface area contributed by atoms with E-state index in [1.54, 1.807) is 18.2 Å². The second-order valence-corrected chi connectivity index (χ2v) is 2.55. The van der Waals surface area contributed by atoms with Gasteiger partial charge in [-0.1, -0.05) is 24.0 Å². The van der Waals surface area contributed by atoms with Crippen molar-refractivity contribution in [1.82, 2.24) is 0 Å². The normalized spacial score (nSPS) is 9.09. The highest BCUT2D eigenvalue weighted by Crippen LogP contribution is 2.14. The topological polar surface area (TPSA) is 23.8 Å². The molecule has 0 atom stereocenters. The van der Waals surface area contributed by atoms with Crippen molar-refractivity contribution in [2.45, 2.75) is 6.32 Å². The van der Waals surface area contributed by atoms with Crippen LogP contribution >= 0.6 is 11.6 Å². The van der Waals surface area contributed by atoms with Crippen molar-refractivity contribution in [1.29, 1.82) is 5.26 Å². The minimum atomic E-state index is 0.375. The van der Waals surface area contributed by atoms with Crippen LogP contribution < -0.4 is 0 Å². The van der Waals surface area contributed by atoms with Crippen molar-refractivity contribution < 1.29 is 0 Å². The lowest BCUT2D eigenvalue weighted by atomic mass is 9.93. The van der Waals surface area contributed by atoms with Crippen molar-refractivity contribution in [3.8, 4) is 6.07 Å². The standard InChI is InChI=1S/C8H5BClN/c9-4-6-1-2-8(10)3-7(6)5-11/h1-3H,4H2. The summed E-state index contributed by atoms with van der Waals surface area (Å²) in [4.78, 5) is 0. The van der Waals surface area contributed by atoms with Gasteiger partial charge in [0.15, 0.2) is 0 Å². The zero-order valence-electron chi connectivity index (χ0n) is 5.84. The fourth-order valence-electron chi connectivity index (χ4n) is 0.831. The molecule has 0 bridgehead atoms. The predicted molar refractivity (Wildman–Crippen MR) is 45.6 cm³/mol. The summed E-state index contributed by atoms with van der Waals surface area (Å²) < 4.78 is 0. The largest absolute Gasteiger partial charge is 0.192 e. The maximum Gasteiger partial charge on any atom is 0.0994 e. The number of hydrogen-bond acceptors (Lipinski definition) is 1. The zero-order valence-corrected chi connectivity index (χ0v) is 6.60. The van der Waals surface area contributed by atoms with Crippen LogP contribution in [0.15, 0.2) is 18.2 Å². The molecular formula is C8H5BClN. The number of rotatable bonds is 1. The third kappa shape index (κ3) is 1.75. The molecule has 52 valence electrons. The Morgan fingerprint density at radius 1 is 1.55 bits per heavy atom. The maximum atomic E-state index is 8.61. The average molecular weight is 161 g/mol. The molecule has 0 saturated heterocycles. The predicted octanol–water partition coefficient (Wildman–Crippen LogP) is 1.88. The Bertz CT molecular complexity index is 303. The summed E-state index contributed by atoms with van der Waals surface area (Å²) in [6, 6.07) is 7.13. The van der Waals surface area contributed by atoms with Crippen molar-refractivity contribution in [3.05, 3.63) is 34.3 Å². The van der Waals surface area contributed by atoms with E-state index in [2.05, 4.69) is 0 Å². The molecule has 0 fully saturated rings. The molecule has 0 aliphatic carbocycles. The summed E-state index contributed by atoms with van der Waals surface area (Å²) in [5.74, 6) is 0. The molecule has 0 N–H and O–H groups in total. The van der Waals surface area contributed by atoms with E-state index in [1.165, 1.54) is 0 Å². The molecule has 1 aromatic rings. The van der Waals surface area contributed by atoms with E-state index in [1.807, 2.05) is 6.07 Å². The number of nitrogens with zero attached hydrogens (tertiary/aromatic N) is 1. The molecule has 1 aromatic carbocycles. The number of nitriles is 1. The molecular weight excluding hydrogens is 156 g/mol. The molecule has 11 heavy (non-hydrogen) atoms. The van der Waals surface area contributed by atoms with Crippen LogP contribution in [0, 0.1) is 11.3 Å². The van der Waals surface area contributed by atoms with E-state index in [9.17, 15) is 0 Å². The van der Waals surface area contributed by atoms with E-state index >= 15 is 0 Å². The molecule has 1 rings (SSSR count). The van der Waals surface area contributed by atoms with Gasteiger partial charge in [0, 0.05) is 5.02 Å². The van der Waals surface area contributed by atoms with Gasteiger partial charge in [-0.2, -0.15) is 5.26 Å². The van der Waals surface area contributed by atoms with Crippen LogP contribution in [0.5, 0.6) is 0 Å². The van der Waals surface area contributed by atoms with Gasteiger partial charge in [0.05, 0.1) is 19.5 Å². The molecule has 0 heterocycles. The number of halogens is 1. The van der Waals surface area contributed by atoms with Crippen molar-refractivity contribution >= 4 is 19.4 Å². The quantitative estimate of drug-likeness (QED) is 0.577. The first-order valence-corrected chi connectivity index (χ1v) is 3.54. The Hall–Kier alpha value is -0.935. The summed E-state index contributed by atoms with van der Waals surface area (Å²) in [7, 11) is 5.38. The molecule has 0 aromatic heterocycles. The summed E-state index contributed by atoms with van der Waals surface area (Å²) in [6.07, 6.45) is 0.375. The van der Waals surface area contributed by atoms with Crippen LogP contribution in [-0.2, 0) is 6.32 Å². The fourth-order valence-corrected chi connectivity index (χ4v) is 1.00. The van der Waals surface area contributed by atoms with Gasteiger partial charge in [-0.05, 0) is 17.7 Å². The fraction of sp³-hybridized carbons (Fsp3) is 0.125. The van der Waals surface area contributed by atoms with Gasteiger partial charge in [-0.25, -0.2) is 0 Å². The lowest BCUT2D eigenvalue weighted by Gasteiger charge is -1.98. The van der Waals surface area contributed by atoms with Crippen molar-refractivity contribution in [2.75, 3.05) is 0 Å². The van der Waals surface area contributed by atoms with Gasteiger partial charge in [0.1, 0.15) is 0 Å². The third-order valence-electron chi connectivity index (χ3n) is 1.41. The van der Waals surface area contributed by atoms with Crippen LogP contribution in [-0.4, -0.2) is 7.85 Å². The monoisotopic (exact) mass is 161 g/mol. The molecule has 0 spiro atoms. The first-order valence-electron chi connectivity index (χ1n) is 3.16. The lowest BCUT2D eigenvalue weighted by molar-refractivity contribution is 1.35. The van der Waals surface area contributed by atoms with Gasteiger partial charge >= 0.3 is 0 Å². The van der Waals surface area contributed by atoms with E-state index < -0.39 is 0 Å². The molecule has 2 radical (unpaired) electrons. The smallest absolute Gasteiger partial charge is 0.0994 e. The van der Waals surface area contributed by atoms with Gasteiger partial charge in [-0.3, -0.25) is 0 Å². The van der Waals surface area contributed by atoms with Gasteiger partial charge in [0.2, 0.25) is 0 Å². The first-order chi connectivity index (χ1) is 5.27. The highest BCUT2D eigenvalue weighted by Gasteiger charge is 1.98. The Labute approximate surface area is 72.0 Å². The van der Waals surface area contributed by atoms with Crippen LogP contribution in [0.1, 0.15) is 11.1 Å². The van der Waals surface area contributed by atoms with Gasteiger partial charge in [0.25, 0.3) is 0 Å². The highest BCUT2D eigenvalue weighted by atomic mass is 35.5. The Kier molecular flexibility index (Phi) is 2.56. The first kappa shape index (κ1) is 8.16. The molecule has 0 amide bonds. The second-order valence-electron chi connectivity index (χ2n) is 2.12. The van der Waals surface area contributed by atoms with Crippen molar-refractivity contribution in [2.24, 2.45) is 0 Å². The van der Waals surface area contributed by atoms with Gasteiger partial charge in [-0.15, -0.1) is 0 Å². The zero-order chi connectivity index (χ0) is 8.27. The van der Waals surface area contributed by atoms with E-state index in [0.717, 1.165) is 5.56 Å². The Morgan fingerprint density at radius 3 is 2.82 bits per heavy atom. The summed E-state index contributed by atoms with van der Waals surface area (Å²) >= 11 is 5.66. The Morgan fingerprint density at radius 2 is 2.27 bits per heavy atom. The van der Waals surface area contributed by atoms with Crippen LogP contribution in [0.4, 0.5) is 0 Å². The summed E-state index contributed by atoms with van der Waals surface area (Å²) in [6.45, 7) is 0. The molecule has 0 aliphatic rings. The average Bonchev–Trinajstić information content (AvgIpc) is 2.04. The summed E-state index contributed by atoms with van der Waals surface area (Å²) in [5.41, 5.74) is 1.39. The minimum Gasteiger partial charge on any atom is -0.192 e. The number of hydrogen-bond donors (Lipinski definition) is 0. The Balaban J connectivity index is 3.19. The minimum absolute atomic E-state index is 0.375. The van der Waals surface area contributed by atoms with Crippen molar-refractivity contribution in [3.63, 3.8) is 0 Å². The highest BCUT2D eigenvalue weighted by molar-refractivity contribution is 6.30. The molecule has 1 nitrogen and oxygen atoms in total. The molecule has 3 heteroatoms. The SMILES string of the molecule is [B]Cc1ccc(Cl)cc1C#N. The second kappa shape index (κ2) is 3.45. The van der Waals surface area contributed by atoms with E-state index in [-0.39, 0.29) is 0 Å². The molecule has 0 aliphatic heterocycles. The molecule has 0 unspecified atom stereocenters. The maximum absolute atomic E-state index is 8.61. The number of benzene rings is 1. The van der Waals surface area contributed by atoms with E-state index in [4.69, 9.17) is 24.7 Å². The van der Waals surface area contributed by atoms with Crippen LogP contribution in [0.25, 0.3) is 0 Å². The van der Waals surface area contributed by atoms with Crippen LogP contribution in [0.3, 0.4) is 0 Å². The van der Waals surface area contributed by atoms with Gasteiger partial charge < -0.3 is 0 Å². The lowest BCUT2D eigenvalue weighted by Crippen LogP contribution is -1.88. The molecule has 0 saturated carbocycles. The van der Waals surface area contributed by atoms with E-state index in [0.29, 0.717) is 16.9 Å². The third-order valence-corrected chi connectivity index (χ3v) is 1.65. The van der Waals surface area contributed by atoms with Crippen LogP contribution in [0.2, 0.25) is 5.02 Å². The summed E-state index contributed by atoms with van der Waals surface area (Å²) in [5, 5.41) is 9.18.